The van der Waals surface area contributed by atoms with Crippen molar-refractivity contribution in [3.63, 3.8) is 0 Å². The summed E-state index contributed by atoms with van der Waals surface area (Å²) in [5, 5.41) is 0. The van der Waals surface area contributed by atoms with Crippen LogP contribution in [0.1, 0.15) is 22.3 Å². The van der Waals surface area contributed by atoms with Crippen LogP contribution in [0.15, 0.2) is 61.7 Å². The van der Waals surface area contributed by atoms with E-state index in [0.717, 1.165) is 31.4 Å². The molecule has 0 aliphatic heterocycles. The summed E-state index contributed by atoms with van der Waals surface area (Å²) in [7, 11) is 0. The first kappa shape index (κ1) is 15.9. The fourth-order valence-corrected chi connectivity index (χ4v) is 2.51. The first-order valence-corrected chi connectivity index (χ1v) is 6.80. The first-order valence-electron chi connectivity index (χ1n) is 6.80. The predicted molar refractivity (Wildman–Crippen MR) is 91.3 cm³/mol. The number of rotatable bonds is 9. The van der Waals surface area contributed by atoms with E-state index in [4.69, 9.17) is 0 Å². The number of allylic oxidation sites excluding steroid dienone is 4. The monoisotopic (exact) mass is 265 g/mol. The minimum absolute atomic E-state index is 0.788. The van der Waals surface area contributed by atoms with Gasteiger partial charge in [-0.3, -0.25) is 4.99 Å². The van der Waals surface area contributed by atoms with Crippen LogP contribution in [0.2, 0.25) is 0 Å². The van der Waals surface area contributed by atoms with Crippen LogP contribution in [0.3, 0.4) is 0 Å². The van der Waals surface area contributed by atoms with Crippen molar-refractivity contribution in [2.75, 3.05) is 0 Å². The van der Waals surface area contributed by atoms with Crippen LogP contribution in [0.5, 0.6) is 0 Å². The normalized spacial score (nSPS) is 9.80. The molecular weight excluding hydrogens is 242 g/mol. The van der Waals surface area contributed by atoms with E-state index in [0.29, 0.717) is 0 Å². The van der Waals surface area contributed by atoms with Crippen LogP contribution in [0.4, 0.5) is 5.69 Å². The van der Waals surface area contributed by atoms with E-state index in [-0.39, 0.29) is 0 Å². The average molecular weight is 265 g/mol. The van der Waals surface area contributed by atoms with Gasteiger partial charge in [-0.05, 0) is 60.7 Å². The highest BCUT2D eigenvalue weighted by Gasteiger charge is 2.14. The molecule has 0 saturated carbocycles. The lowest BCUT2D eigenvalue weighted by molar-refractivity contribution is 1.04. The van der Waals surface area contributed by atoms with E-state index in [9.17, 15) is 0 Å². The zero-order valence-corrected chi connectivity index (χ0v) is 12.2. The summed E-state index contributed by atoms with van der Waals surface area (Å²) in [6, 6.07) is 2.11. The molecule has 0 saturated heterocycles. The Balaban J connectivity index is 3.63. The summed E-state index contributed by atoms with van der Waals surface area (Å²) in [5.74, 6) is 0. The van der Waals surface area contributed by atoms with Gasteiger partial charge in [0.05, 0.1) is 5.69 Å². The summed E-state index contributed by atoms with van der Waals surface area (Å²) in [6.07, 6.45) is 11.0. The number of hydrogen-bond acceptors (Lipinski definition) is 1. The molecule has 0 aliphatic carbocycles. The smallest absolute Gasteiger partial charge is 0.0663 e. The van der Waals surface area contributed by atoms with Crippen molar-refractivity contribution in [2.24, 2.45) is 4.99 Å². The SMILES string of the molecule is C=CCc1cc(N=C)c(CC=C)c(CC=C)c1CC=C. The van der Waals surface area contributed by atoms with Gasteiger partial charge >= 0.3 is 0 Å². The van der Waals surface area contributed by atoms with Crippen molar-refractivity contribution in [3.8, 4) is 0 Å². The molecule has 1 aromatic carbocycles. The number of aliphatic imine (C=N–C) groups is 1. The van der Waals surface area contributed by atoms with Crippen LogP contribution in [0.25, 0.3) is 0 Å². The molecule has 1 heteroatoms. The van der Waals surface area contributed by atoms with E-state index >= 15 is 0 Å². The molecule has 0 amide bonds. The van der Waals surface area contributed by atoms with Gasteiger partial charge in [-0.25, -0.2) is 0 Å². The summed E-state index contributed by atoms with van der Waals surface area (Å²) < 4.78 is 0. The van der Waals surface area contributed by atoms with Crippen molar-refractivity contribution in [1.29, 1.82) is 0 Å². The van der Waals surface area contributed by atoms with Gasteiger partial charge in [0.1, 0.15) is 0 Å². The Labute approximate surface area is 122 Å². The maximum absolute atomic E-state index is 4.18. The molecule has 0 N–H and O–H groups in total. The van der Waals surface area contributed by atoms with Crippen molar-refractivity contribution >= 4 is 12.4 Å². The van der Waals surface area contributed by atoms with Gasteiger partial charge < -0.3 is 0 Å². The third-order valence-electron chi connectivity index (χ3n) is 3.32. The Bertz CT molecular complexity index is 535. The van der Waals surface area contributed by atoms with Crippen LogP contribution in [-0.2, 0) is 25.7 Å². The minimum Gasteiger partial charge on any atom is -0.264 e. The molecule has 1 rings (SSSR count). The molecule has 0 unspecified atom stereocenters. The molecule has 104 valence electrons. The van der Waals surface area contributed by atoms with Gasteiger partial charge in [0, 0.05) is 0 Å². The Kier molecular flexibility index (Phi) is 6.45. The Hall–Kier alpha value is -2.15. The molecular formula is C19H23N. The maximum atomic E-state index is 4.18. The second-order valence-electron chi connectivity index (χ2n) is 4.62. The van der Waals surface area contributed by atoms with Crippen LogP contribution < -0.4 is 0 Å². The summed E-state index contributed by atoms with van der Waals surface area (Å²) in [5.41, 5.74) is 5.96. The van der Waals surface area contributed by atoms with Gasteiger partial charge in [0.25, 0.3) is 0 Å². The first-order chi connectivity index (χ1) is 9.73. The highest BCUT2D eigenvalue weighted by atomic mass is 14.7. The molecule has 0 bridgehead atoms. The van der Waals surface area contributed by atoms with Gasteiger partial charge in [-0.1, -0.05) is 24.3 Å². The molecule has 0 radical (unpaired) electrons. The molecule has 1 nitrogen and oxygen atoms in total. The number of benzene rings is 1. The number of hydrogen-bond donors (Lipinski definition) is 0. The van der Waals surface area contributed by atoms with Crippen LogP contribution >= 0.6 is 0 Å². The molecule has 0 fully saturated rings. The Morgan fingerprint density at radius 1 is 0.750 bits per heavy atom. The molecule has 0 aliphatic rings. The standard InChI is InChI=1S/C19H23N/c1-6-10-15-14-19(20-5)18(13-9-4)17(12-8-3)16(15)11-7-2/h6-9,14H,1-5,10-13H2. The lowest BCUT2D eigenvalue weighted by atomic mass is 9.88. The van der Waals surface area contributed by atoms with Gasteiger partial charge in [0.2, 0.25) is 0 Å². The lowest BCUT2D eigenvalue weighted by Crippen LogP contribution is -2.04. The summed E-state index contributed by atoms with van der Waals surface area (Å²) in [4.78, 5) is 4.18. The third kappa shape index (κ3) is 3.45. The molecule has 0 heterocycles. The minimum atomic E-state index is 0.788. The lowest BCUT2D eigenvalue weighted by Gasteiger charge is -2.18. The van der Waals surface area contributed by atoms with E-state index in [1.165, 1.54) is 22.3 Å². The van der Waals surface area contributed by atoms with E-state index in [2.05, 4.69) is 44.1 Å². The fourth-order valence-electron chi connectivity index (χ4n) is 2.51. The summed E-state index contributed by atoms with van der Waals surface area (Å²) in [6.45, 7) is 19.1. The fraction of sp³-hybridized carbons (Fsp3) is 0.211. The van der Waals surface area contributed by atoms with Crippen molar-refractivity contribution < 1.29 is 0 Å². The quantitative estimate of drug-likeness (QED) is 0.443. The van der Waals surface area contributed by atoms with Gasteiger partial charge in [-0.2, -0.15) is 0 Å². The maximum Gasteiger partial charge on any atom is 0.0663 e. The average Bonchev–Trinajstić information content (AvgIpc) is 2.45. The second-order valence-corrected chi connectivity index (χ2v) is 4.62. The molecule has 1 aromatic rings. The predicted octanol–water partition coefficient (Wildman–Crippen LogP) is 4.93. The zero-order valence-electron chi connectivity index (χ0n) is 12.2. The number of nitrogens with zero attached hydrogens (tertiary/aromatic N) is 1. The highest BCUT2D eigenvalue weighted by Crippen LogP contribution is 2.31. The Morgan fingerprint density at radius 2 is 1.25 bits per heavy atom. The zero-order chi connectivity index (χ0) is 15.0. The van der Waals surface area contributed by atoms with E-state index < -0.39 is 0 Å². The topological polar surface area (TPSA) is 12.4 Å². The van der Waals surface area contributed by atoms with Crippen LogP contribution in [-0.4, -0.2) is 6.72 Å². The molecule has 0 aromatic heterocycles. The Morgan fingerprint density at radius 3 is 1.75 bits per heavy atom. The van der Waals surface area contributed by atoms with Crippen molar-refractivity contribution in [3.05, 3.63) is 78.9 Å². The van der Waals surface area contributed by atoms with Gasteiger partial charge in [-0.15, -0.1) is 26.3 Å². The van der Waals surface area contributed by atoms with E-state index in [1.807, 2.05) is 24.3 Å². The van der Waals surface area contributed by atoms with E-state index in [1.54, 1.807) is 0 Å². The second kappa shape index (κ2) is 8.11. The molecule has 0 atom stereocenters. The third-order valence-corrected chi connectivity index (χ3v) is 3.32. The van der Waals surface area contributed by atoms with Crippen molar-refractivity contribution in [2.45, 2.75) is 25.7 Å². The molecule has 20 heavy (non-hydrogen) atoms. The highest BCUT2D eigenvalue weighted by molar-refractivity contribution is 5.61. The van der Waals surface area contributed by atoms with Crippen molar-refractivity contribution in [1.82, 2.24) is 0 Å². The largest absolute Gasteiger partial charge is 0.264 e. The molecule has 0 spiro atoms. The van der Waals surface area contributed by atoms with Gasteiger partial charge in [0.15, 0.2) is 0 Å². The van der Waals surface area contributed by atoms with Crippen LogP contribution in [0, 0.1) is 0 Å². The summed E-state index contributed by atoms with van der Waals surface area (Å²) >= 11 is 0.